The summed E-state index contributed by atoms with van der Waals surface area (Å²) in [5, 5.41) is 11.4. The summed E-state index contributed by atoms with van der Waals surface area (Å²) >= 11 is 0. The number of halogens is 1. The molecule has 2 N–H and O–H groups in total. The van der Waals surface area contributed by atoms with Crippen LogP contribution in [0.2, 0.25) is 0 Å². The zero-order valence-corrected chi connectivity index (χ0v) is 9.46. The molecule has 0 radical (unpaired) electrons. The smallest absolute Gasteiger partial charge is 0.254 e. The van der Waals surface area contributed by atoms with Gasteiger partial charge in [-0.15, -0.1) is 0 Å². The number of aliphatic hydroxyl groups excluding tert-OH is 1. The van der Waals surface area contributed by atoms with Gasteiger partial charge in [0.1, 0.15) is 5.82 Å². The predicted molar refractivity (Wildman–Crippen MR) is 59.7 cm³/mol. The van der Waals surface area contributed by atoms with E-state index in [0.717, 1.165) is 5.56 Å². The van der Waals surface area contributed by atoms with Gasteiger partial charge in [-0.2, -0.15) is 0 Å². The number of carbonyl (C=O) groups excluding carboxylic acids is 1. The average molecular weight is 225 g/mol. The summed E-state index contributed by atoms with van der Waals surface area (Å²) in [4.78, 5) is 11.6. The van der Waals surface area contributed by atoms with Crippen molar-refractivity contribution in [2.24, 2.45) is 5.92 Å². The van der Waals surface area contributed by atoms with Gasteiger partial charge in [-0.1, -0.05) is 13.0 Å². The first-order chi connectivity index (χ1) is 7.54. The van der Waals surface area contributed by atoms with E-state index < -0.39 is 11.7 Å². The van der Waals surface area contributed by atoms with Crippen molar-refractivity contribution in [1.29, 1.82) is 0 Å². The lowest BCUT2D eigenvalue weighted by molar-refractivity contribution is 0.0938. The molecule has 0 bridgehead atoms. The van der Waals surface area contributed by atoms with Crippen molar-refractivity contribution < 1.29 is 14.3 Å². The summed E-state index contributed by atoms with van der Waals surface area (Å²) in [5.41, 5.74) is 0.813. The molecule has 0 fully saturated rings. The van der Waals surface area contributed by atoms with Gasteiger partial charge in [-0.05, 0) is 30.5 Å². The molecule has 88 valence electrons. The van der Waals surface area contributed by atoms with Crippen LogP contribution in [-0.4, -0.2) is 24.2 Å². The third-order valence-electron chi connectivity index (χ3n) is 2.29. The highest BCUT2D eigenvalue weighted by Crippen LogP contribution is 2.09. The minimum Gasteiger partial charge on any atom is -0.396 e. The number of amides is 1. The molecule has 1 atom stereocenters. The SMILES string of the molecule is Cc1ccc(C(=O)NCC(C)CO)c(F)c1. The fraction of sp³-hybridized carbons (Fsp3) is 0.417. The summed E-state index contributed by atoms with van der Waals surface area (Å²) in [7, 11) is 0. The lowest BCUT2D eigenvalue weighted by Crippen LogP contribution is -2.30. The number of aryl methyl sites for hydroxylation is 1. The Kier molecular flexibility index (Phi) is 4.43. The molecule has 0 heterocycles. The zero-order chi connectivity index (χ0) is 12.1. The molecule has 1 aromatic carbocycles. The lowest BCUT2D eigenvalue weighted by atomic mass is 10.1. The van der Waals surface area contributed by atoms with E-state index in [4.69, 9.17) is 5.11 Å². The zero-order valence-electron chi connectivity index (χ0n) is 9.46. The number of aliphatic hydroxyl groups is 1. The van der Waals surface area contributed by atoms with Gasteiger partial charge in [0.25, 0.3) is 5.91 Å². The molecule has 0 aromatic heterocycles. The Hall–Kier alpha value is -1.42. The van der Waals surface area contributed by atoms with E-state index in [-0.39, 0.29) is 18.1 Å². The van der Waals surface area contributed by atoms with Gasteiger partial charge in [0, 0.05) is 13.2 Å². The van der Waals surface area contributed by atoms with Crippen molar-refractivity contribution >= 4 is 5.91 Å². The summed E-state index contributed by atoms with van der Waals surface area (Å²) in [6, 6.07) is 4.47. The van der Waals surface area contributed by atoms with Crippen molar-refractivity contribution in [3.63, 3.8) is 0 Å². The topological polar surface area (TPSA) is 49.3 Å². The molecule has 16 heavy (non-hydrogen) atoms. The van der Waals surface area contributed by atoms with Crippen LogP contribution in [0.4, 0.5) is 4.39 Å². The summed E-state index contributed by atoms with van der Waals surface area (Å²) in [5.74, 6) is -0.996. The first-order valence-electron chi connectivity index (χ1n) is 5.19. The van der Waals surface area contributed by atoms with Crippen LogP contribution in [0.5, 0.6) is 0 Å². The molecule has 0 spiro atoms. The van der Waals surface area contributed by atoms with Crippen molar-refractivity contribution in [2.75, 3.05) is 13.2 Å². The molecule has 3 nitrogen and oxygen atoms in total. The highest BCUT2D eigenvalue weighted by molar-refractivity contribution is 5.94. The van der Waals surface area contributed by atoms with Crippen molar-refractivity contribution in [3.8, 4) is 0 Å². The second-order valence-electron chi connectivity index (χ2n) is 3.98. The Morgan fingerprint density at radius 3 is 2.81 bits per heavy atom. The molecule has 0 aliphatic rings. The van der Waals surface area contributed by atoms with E-state index in [1.165, 1.54) is 12.1 Å². The van der Waals surface area contributed by atoms with E-state index in [0.29, 0.717) is 6.54 Å². The number of rotatable bonds is 4. The van der Waals surface area contributed by atoms with E-state index >= 15 is 0 Å². The van der Waals surface area contributed by atoms with Crippen LogP contribution in [0.25, 0.3) is 0 Å². The molecular weight excluding hydrogens is 209 g/mol. The van der Waals surface area contributed by atoms with Crippen molar-refractivity contribution in [3.05, 3.63) is 35.1 Å². The Morgan fingerprint density at radius 2 is 2.25 bits per heavy atom. The summed E-state index contributed by atoms with van der Waals surface area (Å²) in [6.07, 6.45) is 0. The monoisotopic (exact) mass is 225 g/mol. The first-order valence-corrected chi connectivity index (χ1v) is 5.19. The van der Waals surface area contributed by atoms with Crippen molar-refractivity contribution in [2.45, 2.75) is 13.8 Å². The van der Waals surface area contributed by atoms with Gasteiger partial charge in [0.05, 0.1) is 5.56 Å². The van der Waals surface area contributed by atoms with Crippen LogP contribution < -0.4 is 5.32 Å². The highest BCUT2D eigenvalue weighted by atomic mass is 19.1. The van der Waals surface area contributed by atoms with E-state index in [2.05, 4.69) is 5.32 Å². The van der Waals surface area contributed by atoms with Crippen LogP contribution in [0.3, 0.4) is 0 Å². The lowest BCUT2D eigenvalue weighted by Gasteiger charge is -2.10. The van der Waals surface area contributed by atoms with E-state index in [1.54, 1.807) is 19.9 Å². The van der Waals surface area contributed by atoms with Gasteiger partial charge < -0.3 is 10.4 Å². The second kappa shape index (κ2) is 5.61. The van der Waals surface area contributed by atoms with E-state index in [9.17, 15) is 9.18 Å². The largest absolute Gasteiger partial charge is 0.396 e. The molecule has 0 saturated carbocycles. The van der Waals surface area contributed by atoms with Gasteiger partial charge in [0.2, 0.25) is 0 Å². The van der Waals surface area contributed by atoms with Gasteiger partial charge in [-0.3, -0.25) is 4.79 Å². The molecule has 1 aromatic rings. The quantitative estimate of drug-likeness (QED) is 0.815. The molecule has 0 aliphatic heterocycles. The summed E-state index contributed by atoms with van der Waals surface area (Å²) < 4.78 is 13.4. The average Bonchev–Trinajstić information content (AvgIpc) is 2.25. The highest BCUT2D eigenvalue weighted by Gasteiger charge is 2.11. The molecule has 0 aliphatic carbocycles. The number of hydrogen-bond acceptors (Lipinski definition) is 2. The van der Waals surface area contributed by atoms with Crippen LogP contribution >= 0.6 is 0 Å². The second-order valence-corrected chi connectivity index (χ2v) is 3.98. The van der Waals surface area contributed by atoms with Crippen LogP contribution in [0.1, 0.15) is 22.8 Å². The Balaban J connectivity index is 2.66. The van der Waals surface area contributed by atoms with E-state index in [1.807, 2.05) is 0 Å². The Morgan fingerprint density at radius 1 is 1.56 bits per heavy atom. The third-order valence-corrected chi connectivity index (χ3v) is 2.29. The normalized spacial score (nSPS) is 12.2. The third kappa shape index (κ3) is 3.31. The van der Waals surface area contributed by atoms with Crippen LogP contribution in [0, 0.1) is 18.7 Å². The molecule has 1 unspecified atom stereocenters. The van der Waals surface area contributed by atoms with Gasteiger partial charge >= 0.3 is 0 Å². The van der Waals surface area contributed by atoms with Gasteiger partial charge in [-0.25, -0.2) is 4.39 Å². The maximum Gasteiger partial charge on any atom is 0.254 e. The number of hydrogen-bond donors (Lipinski definition) is 2. The standard InChI is InChI=1S/C12H16FNO2/c1-8-3-4-10(11(13)5-8)12(16)14-6-9(2)7-15/h3-5,9,15H,6-7H2,1-2H3,(H,14,16). The maximum absolute atomic E-state index is 13.4. The minimum absolute atomic E-state index is 0.00331. The molecular formula is C12H16FNO2. The number of benzene rings is 1. The molecule has 1 rings (SSSR count). The number of carbonyl (C=O) groups is 1. The number of nitrogens with one attached hydrogen (secondary N) is 1. The molecule has 4 heteroatoms. The first kappa shape index (κ1) is 12.6. The Labute approximate surface area is 94.3 Å². The van der Waals surface area contributed by atoms with Gasteiger partial charge in [0.15, 0.2) is 0 Å². The summed E-state index contributed by atoms with van der Waals surface area (Å²) in [6.45, 7) is 3.89. The molecule has 0 saturated heterocycles. The Bertz CT molecular complexity index is 379. The molecule has 1 amide bonds. The van der Waals surface area contributed by atoms with Crippen molar-refractivity contribution in [1.82, 2.24) is 5.32 Å². The fourth-order valence-electron chi connectivity index (χ4n) is 1.23. The minimum atomic E-state index is -0.519. The van der Waals surface area contributed by atoms with Crippen LogP contribution in [0.15, 0.2) is 18.2 Å². The van der Waals surface area contributed by atoms with Crippen LogP contribution in [-0.2, 0) is 0 Å². The predicted octanol–water partition coefficient (Wildman–Crippen LogP) is 1.49. The maximum atomic E-state index is 13.4. The fourth-order valence-corrected chi connectivity index (χ4v) is 1.23.